The third-order valence-electron chi connectivity index (χ3n) is 3.95. The summed E-state index contributed by atoms with van der Waals surface area (Å²) in [4.78, 5) is 31.1. The Kier molecular flexibility index (Phi) is 6.49. The van der Waals surface area contributed by atoms with Crippen LogP contribution in [0.2, 0.25) is 0 Å². The van der Waals surface area contributed by atoms with Crippen molar-refractivity contribution in [3.05, 3.63) is 48.6 Å². The lowest BCUT2D eigenvalue weighted by Gasteiger charge is -2.17. The summed E-state index contributed by atoms with van der Waals surface area (Å²) in [7, 11) is 1.59. The van der Waals surface area contributed by atoms with E-state index in [4.69, 9.17) is 8.94 Å². The van der Waals surface area contributed by atoms with E-state index in [1.165, 1.54) is 11.2 Å². The van der Waals surface area contributed by atoms with E-state index in [0.29, 0.717) is 17.5 Å². The van der Waals surface area contributed by atoms with Crippen LogP contribution in [0.5, 0.6) is 0 Å². The lowest BCUT2D eigenvalue weighted by molar-refractivity contribution is -0.133. The molecular formula is C19H20N4O4S. The van der Waals surface area contributed by atoms with E-state index in [1.54, 1.807) is 30.9 Å². The molecule has 0 aliphatic rings. The van der Waals surface area contributed by atoms with E-state index >= 15 is 0 Å². The zero-order valence-electron chi connectivity index (χ0n) is 15.5. The van der Waals surface area contributed by atoms with Crippen LogP contribution in [0.15, 0.2) is 56.5 Å². The fraction of sp³-hybridized carbons (Fsp3) is 0.263. The van der Waals surface area contributed by atoms with Crippen LogP contribution < -0.4 is 5.32 Å². The number of rotatable bonds is 8. The van der Waals surface area contributed by atoms with Crippen LogP contribution in [0.1, 0.15) is 12.3 Å². The molecule has 0 unspecified atom stereocenters. The van der Waals surface area contributed by atoms with Crippen molar-refractivity contribution in [2.24, 2.45) is 0 Å². The van der Waals surface area contributed by atoms with E-state index in [2.05, 4.69) is 15.5 Å². The van der Waals surface area contributed by atoms with Crippen LogP contribution in [0.3, 0.4) is 0 Å². The molecule has 1 aromatic carbocycles. The molecule has 146 valence electrons. The average Bonchev–Trinajstić information content (AvgIpc) is 3.38. The number of carbonyl (C=O) groups is 2. The molecular weight excluding hydrogens is 380 g/mol. The van der Waals surface area contributed by atoms with Gasteiger partial charge in [-0.1, -0.05) is 17.3 Å². The SMILES string of the molecule is CSc1ccccc1NC(=O)CN(C)C(=O)CCc1nc(-c2ccco2)no1. The zero-order valence-corrected chi connectivity index (χ0v) is 16.4. The van der Waals surface area contributed by atoms with E-state index < -0.39 is 0 Å². The Morgan fingerprint density at radius 3 is 2.79 bits per heavy atom. The van der Waals surface area contributed by atoms with Crippen LogP contribution in [0.4, 0.5) is 5.69 Å². The Hall–Kier alpha value is -3.07. The summed E-state index contributed by atoms with van der Waals surface area (Å²) in [6.45, 7) is -0.0387. The van der Waals surface area contributed by atoms with Crippen molar-refractivity contribution in [3.63, 3.8) is 0 Å². The number of para-hydroxylation sites is 1. The Morgan fingerprint density at radius 2 is 2.04 bits per heavy atom. The third kappa shape index (κ3) is 5.01. The molecule has 0 aliphatic heterocycles. The molecule has 0 aliphatic carbocycles. The molecule has 9 heteroatoms. The summed E-state index contributed by atoms with van der Waals surface area (Å²) in [6, 6.07) is 11.0. The van der Waals surface area contributed by atoms with E-state index in [9.17, 15) is 9.59 Å². The van der Waals surface area contributed by atoms with E-state index in [0.717, 1.165) is 10.6 Å². The van der Waals surface area contributed by atoms with Crippen molar-refractivity contribution < 1.29 is 18.5 Å². The molecule has 0 atom stereocenters. The predicted octanol–water partition coefficient (Wildman–Crippen LogP) is 3.08. The summed E-state index contributed by atoms with van der Waals surface area (Å²) < 4.78 is 10.3. The van der Waals surface area contributed by atoms with Gasteiger partial charge >= 0.3 is 0 Å². The number of nitrogens with zero attached hydrogens (tertiary/aromatic N) is 3. The number of carbonyl (C=O) groups excluding carboxylic acids is 2. The summed E-state index contributed by atoms with van der Waals surface area (Å²) in [5.41, 5.74) is 0.733. The molecule has 2 amide bonds. The lowest BCUT2D eigenvalue weighted by Crippen LogP contribution is -2.35. The standard InChI is InChI=1S/C19H20N4O4S/c1-23(12-16(24)20-13-6-3-4-8-15(13)28-2)18(25)10-9-17-21-19(22-27-17)14-7-5-11-26-14/h3-8,11H,9-10,12H2,1-2H3,(H,20,24). The molecule has 1 N–H and O–H groups in total. The minimum atomic E-state index is -0.254. The number of nitrogens with one attached hydrogen (secondary N) is 1. The van der Waals surface area contributed by atoms with Gasteiger partial charge in [0.2, 0.25) is 23.5 Å². The quantitative estimate of drug-likeness (QED) is 0.580. The number of benzene rings is 1. The Bertz CT molecular complexity index is 939. The van der Waals surface area contributed by atoms with Gasteiger partial charge in [0, 0.05) is 24.8 Å². The van der Waals surface area contributed by atoms with Gasteiger partial charge in [-0.25, -0.2) is 0 Å². The van der Waals surface area contributed by atoms with Crippen molar-refractivity contribution >= 4 is 29.3 Å². The van der Waals surface area contributed by atoms with Crippen LogP contribution in [-0.2, 0) is 16.0 Å². The normalized spacial score (nSPS) is 10.6. The second-order valence-corrected chi connectivity index (χ2v) is 6.84. The van der Waals surface area contributed by atoms with Crippen molar-refractivity contribution in [1.82, 2.24) is 15.0 Å². The molecule has 2 aromatic heterocycles. The minimum Gasteiger partial charge on any atom is -0.461 e. The number of aryl methyl sites for hydroxylation is 1. The molecule has 0 saturated heterocycles. The lowest BCUT2D eigenvalue weighted by atomic mass is 10.2. The summed E-state index contributed by atoms with van der Waals surface area (Å²) in [5.74, 6) is 0.737. The van der Waals surface area contributed by atoms with E-state index in [-0.39, 0.29) is 31.2 Å². The van der Waals surface area contributed by atoms with Crippen LogP contribution in [0.25, 0.3) is 11.6 Å². The summed E-state index contributed by atoms with van der Waals surface area (Å²) in [6.07, 6.45) is 3.90. The molecule has 0 saturated carbocycles. The van der Waals surface area contributed by atoms with Crippen molar-refractivity contribution in [1.29, 1.82) is 0 Å². The highest BCUT2D eigenvalue weighted by molar-refractivity contribution is 7.98. The second-order valence-electron chi connectivity index (χ2n) is 5.99. The molecule has 0 spiro atoms. The van der Waals surface area contributed by atoms with E-state index in [1.807, 2.05) is 30.5 Å². The van der Waals surface area contributed by atoms with Gasteiger partial charge < -0.3 is 19.2 Å². The number of anilines is 1. The average molecular weight is 400 g/mol. The fourth-order valence-corrected chi connectivity index (χ4v) is 3.06. The first-order valence-electron chi connectivity index (χ1n) is 8.60. The largest absolute Gasteiger partial charge is 0.461 e. The van der Waals surface area contributed by atoms with Crippen LogP contribution in [0, 0.1) is 0 Å². The van der Waals surface area contributed by atoms with Gasteiger partial charge in [-0.05, 0) is 30.5 Å². The maximum atomic E-state index is 12.3. The number of hydrogen-bond acceptors (Lipinski definition) is 7. The van der Waals surface area contributed by atoms with Gasteiger partial charge in [0.05, 0.1) is 18.5 Å². The highest BCUT2D eigenvalue weighted by Crippen LogP contribution is 2.24. The monoisotopic (exact) mass is 400 g/mol. The van der Waals surface area contributed by atoms with Gasteiger partial charge in [-0.3, -0.25) is 9.59 Å². The Morgan fingerprint density at radius 1 is 1.21 bits per heavy atom. The topological polar surface area (TPSA) is 101 Å². The van der Waals surface area contributed by atoms with Gasteiger partial charge in [-0.15, -0.1) is 11.8 Å². The van der Waals surface area contributed by atoms with Crippen LogP contribution >= 0.6 is 11.8 Å². The first kappa shape index (κ1) is 19.7. The minimum absolute atomic E-state index is 0.0387. The molecule has 2 heterocycles. The highest BCUT2D eigenvalue weighted by Gasteiger charge is 2.16. The van der Waals surface area contributed by atoms with Crippen LogP contribution in [-0.4, -0.2) is 46.7 Å². The van der Waals surface area contributed by atoms with Gasteiger partial charge in [-0.2, -0.15) is 4.98 Å². The number of aromatic nitrogens is 2. The van der Waals surface area contributed by atoms with Gasteiger partial charge in [0.1, 0.15) is 0 Å². The first-order valence-corrected chi connectivity index (χ1v) is 9.82. The van der Waals surface area contributed by atoms with Gasteiger partial charge in [0.25, 0.3) is 0 Å². The molecule has 8 nitrogen and oxygen atoms in total. The fourth-order valence-electron chi connectivity index (χ4n) is 2.51. The number of furan rings is 1. The van der Waals surface area contributed by atoms with Crippen molar-refractivity contribution in [2.45, 2.75) is 17.7 Å². The Balaban J connectivity index is 1.48. The molecule has 0 fully saturated rings. The Labute approximate surface area is 166 Å². The smallest absolute Gasteiger partial charge is 0.244 e. The maximum absolute atomic E-state index is 12.3. The predicted molar refractivity (Wildman–Crippen MR) is 105 cm³/mol. The molecule has 28 heavy (non-hydrogen) atoms. The number of thioether (sulfide) groups is 1. The maximum Gasteiger partial charge on any atom is 0.244 e. The first-order chi connectivity index (χ1) is 13.6. The highest BCUT2D eigenvalue weighted by atomic mass is 32.2. The zero-order chi connectivity index (χ0) is 19.9. The van der Waals surface area contributed by atoms with Crippen molar-refractivity contribution in [2.75, 3.05) is 25.2 Å². The number of likely N-dealkylation sites (N-methyl/N-ethyl adjacent to an activating group) is 1. The number of hydrogen-bond donors (Lipinski definition) is 1. The molecule has 0 bridgehead atoms. The molecule has 0 radical (unpaired) electrons. The van der Waals surface area contributed by atoms with Crippen molar-refractivity contribution in [3.8, 4) is 11.6 Å². The van der Waals surface area contributed by atoms with Gasteiger partial charge in [0.15, 0.2) is 5.76 Å². The summed E-state index contributed by atoms with van der Waals surface area (Å²) in [5, 5.41) is 6.66. The third-order valence-corrected chi connectivity index (χ3v) is 4.75. The molecule has 3 aromatic rings. The second kappa shape index (κ2) is 9.23. The molecule has 3 rings (SSSR count). The number of amides is 2. The summed E-state index contributed by atoms with van der Waals surface area (Å²) >= 11 is 1.54.